The van der Waals surface area contributed by atoms with E-state index in [0.29, 0.717) is 0 Å². The summed E-state index contributed by atoms with van der Waals surface area (Å²) >= 11 is 0. The molecular formula is C36H48BN. The Morgan fingerprint density at radius 1 is 0.421 bits per heavy atom. The number of nitrogens with one attached hydrogen (secondary N) is 1. The summed E-state index contributed by atoms with van der Waals surface area (Å²) < 4.78 is 0. The molecule has 0 radical (unpaired) electrons. The fraction of sp³-hybridized carbons (Fsp3) is 0.333. The molecule has 0 saturated heterocycles. The highest BCUT2D eigenvalue weighted by atomic mass is 15.2. The molecule has 0 aliphatic heterocycles. The largest absolute Gasteiger partial charge is 0.328 e. The molecule has 0 heterocycles. The highest BCUT2D eigenvalue weighted by Crippen LogP contribution is 2.09. The van der Waals surface area contributed by atoms with Gasteiger partial charge < -0.3 is 4.90 Å². The lowest BCUT2D eigenvalue weighted by Gasteiger charge is -2.44. The minimum atomic E-state index is -1.22. The second-order valence-corrected chi connectivity index (χ2v) is 10.9. The van der Waals surface area contributed by atoms with Crippen molar-refractivity contribution in [2.45, 2.75) is 78.9 Å². The molecule has 4 aromatic rings. The van der Waals surface area contributed by atoms with Crippen molar-refractivity contribution in [1.29, 1.82) is 0 Å². The van der Waals surface area contributed by atoms with E-state index < -0.39 is 6.15 Å². The van der Waals surface area contributed by atoms with E-state index in [9.17, 15) is 0 Å². The highest BCUT2D eigenvalue weighted by molar-refractivity contribution is 7.19. The minimum Gasteiger partial charge on any atom is -0.328 e. The Bertz CT molecular complexity index is 974. The lowest BCUT2D eigenvalue weighted by Crippen LogP contribution is -3.21. The lowest BCUT2D eigenvalue weighted by molar-refractivity contribution is -0.968. The van der Waals surface area contributed by atoms with E-state index in [4.69, 9.17) is 0 Å². The molecule has 38 heavy (non-hydrogen) atoms. The van der Waals surface area contributed by atoms with Crippen LogP contribution in [-0.4, -0.2) is 24.3 Å². The Kier molecular flexibility index (Phi) is 11.4. The molecule has 0 saturated carbocycles. The zero-order valence-electron chi connectivity index (χ0n) is 24.5. The van der Waals surface area contributed by atoms with Crippen molar-refractivity contribution in [3.05, 3.63) is 121 Å². The quantitative estimate of drug-likeness (QED) is 0.278. The first-order valence-electron chi connectivity index (χ1n) is 14.7. The summed E-state index contributed by atoms with van der Waals surface area (Å²) in [4.78, 5) is 1.80. The van der Waals surface area contributed by atoms with Crippen LogP contribution in [0.25, 0.3) is 0 Å². The molecule has 0 aliphatic carbocycles. The Balaban J connectivity index is 0.000000263. The Hall–Kier alpha value is -3.10. The van der Waals surface area contributed by atoms with E-state index in [2.05, 4.69) is 163 Å². The summed E-state index contributed by atoms with van der Waals surface area (Å²) in [6.07, 6.45) is 2.67. The van der Waals surface area contributed by atoms with Gasteiger partial charge in [0, 0.05) is 0 Å². The lowest BCUT2D eigenvalue weighted by atomic mass is 9.13. The zero-order valence-corrected chi connectivity index (χ0v) is 24.5. The fourth-order valence-corrected chi connectivity index (χ4v) is 6.29. The van der Waals surface area contributed by atoms with Gasteiger partial charge >= 0.3 is 0 Å². The van der Waals surface area contributed by atoms with Gasteiger partial charge in [-0.3, -0.25) is 0 Å². The Morgan fingerprint density at radius 2 is 0.632 bits per heavy atom. The van der Waals surface area contributed by atoms with Crippen molar-refractivity contribution < 1.29 is 4.90 Å². The van der Waals surface area contributed by atoms with Gasteiger partial charge in [-0.1, -0.05) is 142 Å². The summed E-state index contributed by atoms with van der Waals surface area (Å²) in [7, 11) is 0. The number of rotatable bonds is 10. The van der Waals surface area contributed by atoms with Crippen LogP contribution in [0.5, 0.6) is 0 Å². The smallest absolute Gasteiger partial charge is 0.108 e. The summed E-state index contributed by atoms with van der Waals surface area (Å²) in [5, 5.41) is 0. The van der Waals surface area contributed by atoms with E-state index in [0.717, 1.165) is 18.1 Å². The summed E-state index contributed by atoms with van der Waals surface area (Å²) in [5.74, 6) is 0. The monoisotopic (exact) mass is 505 g/mol. The van der Waals surface area contributed by atoms with Crippen LogP contribution in [0.2, 0.25) is 0 Å². The molecule has 0 aliphatic rings. The summed E-state index contributed by atoms with van der Waals surface area (Å²) in [5.41, 5.74) is 5.36. The molecule has 4 rings (SSSR count). The molecule has 2 heteroatoms. The van der Waals surface area contributed by atoms with Crippen molar-refractivity contribution in [3.63, 3.8) is 0 Å². The van der Waals surface area contributed by atoms with Gasteiger partial charge in [-0.25, -0.2) is 0 Å². The van der Waals surface area contributed by atoms with Crippen LogP contribution in [0, 0.1) is 0 Å². The van der Waals surface area contributed by atoms with Crippen LogP contribution >= 0.6 is 0 Å². The third-order valence-electron chi connectivity index (χ3n) is 8.74. The van der Waals surface area contributed by atoms with Gasteiger partial charge in [0.25, 0.3) is 0 Å². The fourth-order valence-electron chi connectivity index (χ4n) is 6.29. The van der Waals surface area contributed by atoms with Crippen molar-refractivity contribution in [2.75, 3.05) is 0 Å². The van der Waals surface area contributed by atoms with Gasteiger partial charge in [-0.2, -0.15) is 21.9 Å². The average Bonchev–Trinajstić information content (AvgIpc) is 3.00. The van der Waals surface area contributed by atoms with Crippen LogP contribution < -0.4 is 26.8 Å². The first-order valence-corrected chi connectivity index (χ1v) is 14.7. The molecule has 4 aromatic carbocycles. The second kappa shape index (κ2) is 14.7. The molecular weight excluding hydrogens is 457 g/mol. The predicted molar refractivity (Wildman–Crippen MR) is 170 cm³/mol. The van der Waals surface area contributed by atoms with E-state index >= 15 is 0 Å². The minimum absolute atomic E-state index is 0.810. The first-order chi connectivity index (χ1) is 18.5. The highest BCUT2D eigenvalue weighted by Gasteiger charge is 2.31. The average molecular weight is 506 g/mol. The third-order valence-corrected chi connectivity index (χ3v) is 8.74. The van der Waals surface area contributed by atoms with Crippen LogP contribution in [-0.2, 0) is 0 Å². The Morgan fingerprint density at radius 3 is 0.816 bits per heavy atom. The van der Waals surface area contributed by atoms with Gasteiger partial charge in [-0.15, -0.1) is 0 Å². The molecule has 200 valence electrons. The molecule has 3 atom stereocenters. The summed E-state index contributed by atoms with van der Waals surface area (Å²) in [6, 6.07) is 46.0. The summed E-state index contributed by atoms with van der Waals surface area (Å²) in [6.45, 7) is 14.1. The van der Waals surface area contributed by atoms with Gasteiger partial charge in [0.2, 0.25) is 0 Å². The molecule has 0 bridgehead atoms. The number of benzene rings is 4. The van der Waals surface area contributed by atoms with Crippen molar-refractivity contribution >= 4 is 28.0 Å². The van der Waals surface area contributed by atoms with Crippen LogP contribution in [0.3, 0.4) is 0 Å². The standard InChI is InChI=1S/C24H20B.C12H27N/c1-5-13-21(14-6-1)25(22-15-7-2-8-16-22,23-17-9-3-10-18-23)24-19-11-4-12-20-24;1-7-10(4)13(11(5)8-2)12(6)9-3/h1-20H;10-12H,7-9H2,1-6H3/q-1;/p+1. The normalized spacial score (nSPS) is 14.5. The van der Waals surface area contributed by atoms with Crippen LogP contribution in [0.15, 0.2) is 121 Å². The molecule has 0 amide bonds. The third kappa shape index (κ3) is 6.66. The number of quaternary nitrogens is 1. The van der Waals surface area contributed by atoms with Gasteiger partial charge in [-0.05, 0) is 40.0 Å². The molecule has 0 fully saturated rings. The maximum absolute atomic E-state index is 2.38. The maximum atomic E-state index is 2.38. The molecule has 0 spiro atoms. The predicted octanol–water partition coefficient (Wildman–Crippen LogP) is 5.33. The molecule has 3 unspecified atom stereocenters. The van der Waals surface area contributed by atoms with Crippen molar-refractivity contribution in [1.82, 2.24) is 0 Å². The topological polar surface area (TPSA) is 4.44 Å². The Labute approximate surface area is 232 Å². The second-order valence-electron chi connectivity index (χ2n) is 10.9. The van der Waals surface area contributed by atoms with Crippen molar-refractivity contribution in [2.24, 2.45) is 0 Å². The maximum Gasteiger partial charge on any atom is 0.108 e. The van der Waals surface area contributed by atoms with Gasteiger partial charge in [0.05, 0.1) is 18.1 Å². The molecule has 1 N–H and O–H groups in total. The van der Waals surface area contributed by atoms with Crippen LogP contribution in [0.4, 0.5) is 0 Å². The number of hydrogen-bond donors (Lipinski definition) is 1. The zero-order chi connectivity index (χ0) is 27.4. The van der Waals surface area contributed by atoms with Gasteiger partial charge in [0.1, 0.15) is 6.15 Å². The molecule has 0 aromatic heterocycles. The van der Waals surface area contributed by atoms with Crippen molar-refractivity contribution in [3.8, 4) is 0 Å². The number of hydrogen-bond acceptors (Lipinski definition) is 0. The van der Waals surface area contributed by atoms with E-state index in [1.165, 1.54) is 41.1 Å². The van der Waals surface area contributed by atoms with E-state index in [-0.39, 0.29) is 0 Å². The van der Waals surface area contributed by atoms with Crippen LogP contribution in [0.1, 0.15) is 60.8 Å². The van der Waals surface area contributed by atoms with Gasteiger partial charge in [0.15, 0.2) is 0 Å². The van der Waals surface area contributed by atoms with E-state index in [1.54, 1.807) is 4.90 Å². The molecule has 1 nitrogen and oxygen atoms in total. The SMILES string of the molecule is CCC(C)[NH+](C(C)CC)C(C)CC.c1ccc([B-](c2ccccc2)(c2ccccc2)c2ccccc2)cc1. The van der Waals surface area contributed by atoms with E-state index in [1.807, 2.05) is 0 Å². The first kappa shape index (κ1) is 29.5.